The van der Waals surface area contributed by atoms with Crippen molar-refractivity contribution >= 4 is 23.5 Å². The second-order valence-electron chi connectivity index (χ2n) is 8.33. The molecule has 0 saturated heterocycles. The number of rotatable bonds is 9. The van der Waals surface area contributed by atoms with E-state index in [0.29, 0.717) is 47.2 Å². The summed E-state index contributed by atoms with van der Waals surface area (Å²) in [6.07, 6.45) is 4.91. The van der Waals surface area contributed by atoms with Crippen LogP contribution in [0.5, 0.6) is 5.75 Å². The van der Waals surface area contributed by atoms with E-state index >= 15 is 0 Å². The van der Waals surface area contributed by atoms with Gasteiger partial charge in [-0.3, -0.25) is 0 Å². The highest BCUT2D eigenvalue weighted by Gasteiger charge is 2.25. The maximum absolute atomic E-state index is 12.4. The molecule has 2 N–H and O–H groups in total. The minimum Gasteiger partial charge on any atom is -0.490 e. The number of allylic oxidation sites excluding steroid dienone is 1. The van der Waals surface area contributed by atoms with Crippen LogP contribution < -0.4 is 10.5 Å². The monoisotopic (exact) mass is 490 g/mol. The summed E-state index contributed by atoms with van der Waals surface area (Å²) in [4.78, 5) is 17.0. The average molecular weight is 491 g/mol. The second-order valence-corrected chi connectivity index (χ2v) is 9.31. The van der Waals surface area contributed by atoms with Crippen molar-refractivity contribution < 1.29 is 18.8 Å². The molecular weight excluding hydrogens is 464 g/mol. The predicted octanol–water partition coefficient (Wildman–Crippen LogP) is 4.58. The van der Waals surface area contributed by atoms with Gasteiger partial charge >= 0.3 is 5.97 Å². The van der Waals surface area contributed by atoms with Gasteiger partial charge in [-0.2, -0.15) is 22.0 Å². The maximum atomic E-state index is 12.4. The molecule has 0 bridgehead atoms. The quantitative estimate of drug-likeness (QED) is 0.429. The lowest BCUT2D eigenvalue weighted by molar-refractivity contribution is -0.138. The lowest BCUT2D eigenvalue weighted by Crippen LogP contribution is -2.32. The van der Waals surface area contributed by atoms with Crippen LogP contribution in [-0.4, -0.2) is 40.3 Å². The number of nitriles is 1. The largest absolute Gasteiger partial charge is 0.490 e. The first-order valence-electron chi connectivity index (χ1n) is 11.2. The van der Waals surface area contributed by atoms with Gasteiger partial charge in [0, 0.05) is 16.7 Å². The SMILES string of the molecule is CSCCC(N)C(=O)OC1=CCc2c1cccc2-c1noc(-c2ccc(OC(C)C)c(C#N)c2)n1. The summed E-state index contributed by atoms with van der Waals surface area (Å²) in [5, 5.41) is 13.7. The van der Waals surface area contributed by atoms with Crippen molar-refractivity contribution in [2.75, 3.05) is 12.0 Å². The van der Waals surface area contributed by atoms with Crippen LogP contribution in [0, 0.1) is 11.3 Å². The van der Waals surface area contributed by atoms with Crippen molar-refractivity contribution in [3.05, 3.63) is 59.2 Å². The number of hydrogen-bond acceptors (Lipinski definition) is 9. The summed E-state index contributed by atoms with van der Waals surface area (Å²) in [6.45, 7) is 3.80. The lowest BCUT2D eigenvalue weighted by atomic mass is 10.0. The third-order valence-corrected chi connectivity index (χ3v) is 6.10. The Balaban J connectivity index is 1.56. The zero-order valence-electron chi connectivity index (χ0n) is 19.8. The fraction of sp³-hybridized carbons (Fsp3) is 0.308. The fourth-order valence-electron chi connectivity index (χ4n) is 3.75. The summed E-state index contributed by atoms with van der Waals surface area (Å²) in [5.41, 5.74) is 9.51. The smallest absolute Gasteiger partial charge is 0.328 e. The first-order chi connectivity index (χ1) is 16.9. The van der Waals surface area contributed by atoms with Crippen LogP contribution in [0.15, 0.2) is 47.0 Å². The van der Waals surface area contributed by atoms with E-state index in [0.717, 1.165) is 22.4 Å². The molecule has 4 rings (SSSR count). The molecule has 0 amide bonds. The van der Waals surface area contributed by atoms with E-state index in [-0.39, 0.29) is 6.10 Å². The molecule has 0 saturated carbocycles. The Hall–Kier alpha value is -3.61. The average Bonchev–Trinajstić information content (AvgIpc) is 3.50. The van der Waals surface area contributed by atoms with Crippen LogP contribution in [0.2, 0.25) is 0 Å². The second kappa shape index (κ2) is 10.8. The molecule has 2 aromatic carbocycles. The molecular formula is C26H26N4O4S. The molecule has 0 spiro atoms. The number of carbonyl (C=O) groups is 1. The predicted molar refractivity (Wildman–Crippen MR) is 134 cm³/mol. The molecule has 35 heavy (non-hydrogen) atoms. The van der Waals surface area contributed by atoms with E-state index in [1.54, 1.807) is 30.0 Å². The first kappa shape index (κ1) is 24.5. The van der Waals surface area contributed by atoms with Gasteiger partial charge in [-0.15, -0.1) is 0 Å². The number of aromatic nitrogens is 2. The topological polar surface area (TPSA) is 124 Å². The summed E-state index contributed by atoms with van der Waals surface area (Å²) in [7, 11) is 0. The highest BCUT2D eigenvalue weighted by Crippen LogP contribution is 2.36. The Morgan fingerprint density at radius 2 is 2.09 bits per heavy atom. The van der Waals surface area contributed by atoms with E-state index < -0.39 is 12.0 Å². The molecule has 9 heteroatoms. The van der Waals surface area contributed by atoms with Gasteiger partial charge in [0.25, 0.3) is 5.89 Å². The molecule has 8 nitrogen and oxygen atoms in total. The van der Waals surface area contributed by atoms with E-state index in [2.05, 4.69) is 16.2 Å². The molecule has 1 heterocycles. The van der Waals surface area contributed by atoms with Gasteiger partial charge in [-0.05, 0) is 68.5 Å². The minimum absolute atomic E-state index is 0.0491. The third-order valence-electron chi connectivity index (χ3n) is 5.46. The van der Waals surface area contributed by atoms with Crippen molar-refractivity contribution in [1.82, 2.24) is 10.1 Å². The van der Waals surface area contributed by atoms with Gasteiger partial charge in [-0.25, -0.2) is 4.79 Å². The zero-order chi connectivity index (χ0) is 24.9. The minimum atomic E-state index is -0.661. The number of nitrogens with two attached hydrogens (primary N) is 1. The van der Waals surface area contributed by atoms with Gasteiger partial charge < -0.3 is 19.7 Å². The molecule has 1 aromatic heterocycles. The fourth-order valence-corrected chi connectivity index (χ4v) is 4.24. The number of carbonyl (C=O) groups excluding carboxylic acids is 1. The van der Waals surface area contributed by atoms with Crippen molar-refractivity contribution in [3.8, 4) is 34.7 Å². The van der Waals surface area contributed by atoms with Crippen LogP contribution in [0.1, 0.15) is 37.0 Å². The third kappa shape index (κ3) is 5.39. The van der Waals surface area contributed by atoms with Gasteiger partial charge in [0.1, 0.15) is 23.6 Å². The van der Waals surface area contributed by atoms with Crippen molar-refractivity contribution in [1.29, 1.82) is 5.26 Å². The van der Waals surface area contributed by atoms with Gasteiger partial charge in [-0.1, -0.05) is 23.4 Å². The normalized spacial score (nSPS) is 13.2. The van der Waals surface area contributed by atoms with E-state index in [1.807, 2.05) is 44.4 Å². The van der Waals surface area contributed by atoms with Crippen LogP contribution in [0.4, 0.5) is 0 Å². The van der Waals surface area contributed by atoms with E-state index in [4.69, 9.17) is 19.7 Å². The number of hydrogen-bond donors (Lipinski definition) is 1. The number of thioether (sulfide) groups is 1. The van der Waals surface area contributed by atoms with Crippen LogP contribution in [0.25, 0.3) is 28.6 Å². The van der Waals surface area contributed by atoms with Crippen LogP contribution in [-0.2, 0) is 16.0 Å². The van der Waals surface area contributed by atoms with Crippen molar-refractivity contribution in [2.24, 2.45) is 5.73 Å². The zero-order valence-corrected chi connectivity index (χ0v) is 20.6. The van der Waals surface area contributed by atoms with Crippen LogP contribution >= 0.6 is 11.8 Å². The summed E-state index contributed by atoms with van der Waals surface area (Å²) in [6, 6.07) is 12.3. The van der Waals surface area contributed by atoms with Crippen molar-refractivity contribution in [2.45, 2.75) is 38.8 Å². The lowest BCUT2D eigenvalue weighted by Gasteiger charge is -2.12. The molecule has 1 aliphatic rings. The highest BCUT2D eigenvalue weighted by molar-refractivity contribution is 7.98. The summed E-state index contributed by atoms with van der Waals surface area (Å²) < 4.78 is 16.8. The maximum Gasteiger partial charge on any atom is 0.328 e. The van der Waals surface area contributed by atoms with Gasteiger partial charge in [0.05, 0.1) is 11.7 Å². The number of fused-ring (bicyclic) bond motifs is 1. The van der Waals surface area contributed by atoms with Crippen LogP contribution in [0.3, 0.4) is 0 Å². The molecule has 1 atom stereocenters. The Labute approximate surface area is 208 Å². The molecule has 0 aliphatic heterocycles. The number of nitrogens with zero attached hydrogens (tertiary/aromatic N) is 3. The number of ether oxygens (including phenoxy) is 2. The standard InChI is InChI=1S/C26H26N4O4S/c1-15(2)32-22-9-7-16(13-17(22)14-27)25-29-24(30-34-25)20-6-4-5-19-18(20)8-10-23(19)33-26(31)21(28)11-12-35-3/h4-7,9-10,13,15,21H,8,11-12,28H2,1-3H3. The molecule has 1 unspecified atom stereocenters. The Kier molecular flexibility index (Phi) is 7.54. The molecule has 0 fully saturated rings. The Morgan fingerprint density at radius 1 is 1.29 bits per heavy atom. The Morgan fingerprint density at radius 3 is 2.83 bits per heavy atom. The van der Waals surface area contributed by atoms with E-state index in [9.17, 15) is 10.1 Å². The Bertz CT molecular complexity index is 1310. The first-order valence-corrected chi connectivity index (χ1v) is 12.6. The molecule has 1 aliphatic carbocycles. The van der Waals surface area contributed by atoms with E-state index in [1.165, 1.54) is 0 Å². The molecule has 0 radical (unpaired) electrons. The molecule has 3 aromatic rings. The van der Waals surface area contributed by atoms with Crippen molar-refractivity contribution in [3.63, 3.8) is 0 Å². The molecule has 180 valence electrons. The summed E-state index contributed by atoms with van der Waals surface area (Å²) in [5.74, 6) is 2.06. The highest BCUT2D eigenvalue weighted by atomic mass is 32.2. The van der Waals surface area contributed by atoms with Gasteiger partial charge in [0.2, 0.25) is 5.82 Å². The van der Waals surface area contributed by atoms with Gasteiger partial charge in [0.15, 0.2) is 0 Å². The summed E-state index contributed by atoms with van der Waals surface area (Å²) >= 11 is 1.64. The number of benzene rings is 2. The number of esters is 1.